The van der Waals surface area contributed by atoms with E-state index < -0.39 is 0 Å². The molecule has 1 N–H and O–H groups in total. The van der Waals surface area contributed by atoms with Crippen LogP contribution in [0.3, 0.4) is 0 Å². The summed E-state index contributed by atoms with van der Waals surface area (Å²) in [6, 6.07) is 17.6. The molecular formula is C16H11FO. The Morgan fingerprint density at radius 3 is 2.28 bits per heavy atom. The molecule has 0 bridgehead atoms. The molecule has 0 unspecified atom stereocenters. The number of aromatic hydroxyl groups is 1. The Bertz CT molecular complexity index is 719. The van der Waals surface area contributed by atoms with Gasteiger partial charge in [0.05, 0.1) is 0 Å². The van der Waals surface area contributed by atoms with E-state index in [1.165, 1.54) is 6.07 Å². The van der Waals surface area contributed by atoms with Gasteiger partial charge >= 0.3 is 0 Å². The van der Waals surface area contributed by atoms with Crippen molar-refractivity contribution >= 4 is 10.8 Å². The Labute approximate surface area is 104 Å². The molecule has 0 saturated heterocycles. The zero-order chi connectivity index (χ0) is 12.5. The van der Waals surface area contributed by atoms with Crippen LogP contribution in [0.15, 0.2) is 60.7 Å². The molecule has 0 aliphatic heterocycles. The van der Waals surface area contributed by atoms with Gasteiger partial charge in [-0.3, -0.25) is 0 Å². The summed E-state index contributed by atoms with van der Waals surface area (Å²) in [5.41, 5.74) is 0.938. The fraction of sp³-hybridized carbons (Fsp3) is 0. The minimum Gasteiger partial charge on any atom is -0.507 e. The van der Waals surface area contributed by atoms with E-state index in [0.29, 0.717) is 11.1 Å². The van der Waals surface area contributed by atoms with Gasteiger partial charge < -0.3 is 5.11 Å². The van der Waals surface area contributed by atoms with Gasteiger partial charge in [-0.2, -0.15) is 0 Å². The molecule has 2 heteroatoms. The summed E-state index contributed by atoms with van der Waals surface area (Å²) >= 11 is 0. The molecule has 0 radical (unpaired) electrons. The van der Waals surface area contributed by atoms with E-state index in [1.807, 2.05) is 30.3 Å². The van der Waals surface area contributed by atoms with Crippen molar-refractivity contribution in [1.29, 1.82) is 0 Å². The average molecular weight is 238 g/mol. The topological polar surface area (TPSA) is 20.2 Å². The molecule has 0 amide bonds. The van der Waals surface area contributed by atoms with Crippen LogP contribution in [-0.2, 0) is 0 Å². The number of hydrogen-bond donors (Lipinski definition) is 1. The van der Waals surface area contributed by atoms with Crippen LogP contribution in [-0.4, -0.2) is 5.11 Å². The first kappa shape index (κ1) is 10.8. The van der Waals surface area contributed by atoms with Crippen LogP contribution in [0, 0.1) is 5.82 Å². The monoisotopic (exact) mass is 238 g/mol. The van der Waals surface area contributed by atoms with Crippen molar-refractivity contribution in [1.82, 2.24) is 0 Å². The number of hydrogen-bond acceptors (Lipinski definition) is 1. The Morgan fingerprint density at radius 1 is 0.722 bits per heavy atom. The number of phenolic OH excluding ortho intramolecular Hbond substituents is 1. The van der Waals surface area contributed by atoms with Crippen molar-refractivity contribution in [2.24, 2.45) is 0 Å². The smallest absolute Gasteiger partial charge is 0.131 e. The molecule has 0 aromatic heterocycles. The summed E-state index contributed by atoms with van der Waals surface area (Å²) in [4.78, 5) is 0. The van der Waals surface area contributed by atoms with Gasteiger partial charge in [-0.05, 0) is 17.5 Å². The minimum absolute atomic E-state index is 0.123. The number of rotatable bonds is 1. The minimum atomic E-state index is -0.330. The SMILES string of the molecule is Oc1c(-c2ccccc2F)ccc2ccccc12. The molecule has 0 atom stereocenters. The first-order chi connectivity index (χ1) is 8.77. The van der Waals surface area contributed by atoms with Gasteiger partial charge in [0, 0.05) is 16.5 Å². The quantitative estimate of drug-likeness (QED) is 0.668. The standard InChI is InChI=1S/C16H11FO/c17-15-8-4-3-7-13(15)14-10-9-11-5-1-2-6-12(11)16(14)18/h1-10,18H. The molecule has 0 saturated carbocycles. The van der Waals surface area contributed by atoms with Gasteiger partial charge in [-0.15, -0.1) is 0 Å². The van der Waals surface area contributed by atoms with E-state index >= 15 is 0 Å². The first-order valence-electron chi connectivity index (χ1n) is 5.73. The number of phenols is 1. The van der Waals surface area contributed by atoms with Gasteiger partial charge in [0.1, 0.15) is 11.6 Å². The highest BCUT2D eigenvalue weighted by atomic mass is 19.1. The second kappa shape index (κ2) is 4.15. The van der Waals surface area contributed by atoms with Gasteiger partial charge in [0.25, 0.3) is 0 Å². The van der Waals surface area contributed by atoms with Crippen molar-refractivity contribution in [3.8, 4) is 16.9 Å². The molecule has 18 heavy (non-hydrogen) atoms. The maximum atomic E-state index is 13.7. The van der Waals surface area contributed by atoms with E-state index in [0.717, 1.165) is 10.8 Å². The van der Waals surface area contributed by atoms with Crippen LogP contribution in [0.25, 0.3) is 21.9 Å². The van der Waals surface area contributed by atoms with Crippen LogP contribution in [0.4, 0.5) is 4.39 Å². The summed E-state index contributed by atoms with van der Waals surface area (Å²) in [6.45, 7) is 0. The lowest BCUT2D eigenvalue weighted by molar-refractivity contribution is 0.483. The Balaban J connectivity index is 2.31. The molecule has 88 valence electrons. The molecular weight excluding hydrogens is 227 g/mol. The zero-order valence-corrected chi connectivity index (χ0v) is 9.60. The second-order valence-electron chi connectivity index (χ2n) is 4.16. The summed E-state index contributed by atoms with van der Waals surface area (Å²) < 4.78 is 13.7. The van der Waals surface area contributed by atoms with E-state index in [-0.39, 0.29) is 11.6 Å². The van der Waals surface area contributed by atoms with Crippen molar-refractivity contribution < 1.29 is 9.50 Å². The average Bonchev–Trinajstić information content (AvgIpc) is 2.41. The first-order valence-corrected chi connectivity index (χ1v) is 5.73. The molecule has 0 fully saturated rings. The van der Waals surface area contributed by atoms with E-state index in [1.54, 1.807) is 24.3 Å². The largest absolute Gasteiger partial charge is 0.507 e. The second-order valence-corrected chi connectivity index (χ2v) is 4.16. The van der Waals surface area contributed by atoms with Gasteiger partial charge in [0.15, 0.2) is 0 Å². The molecule has 3 aromatic carbocycles. The van der Waals surface area contributed by atoms with Gasteiger partial charge in [0.2, 0.25) is 0 Å². The lowest BCUT2D eigenvalue weighted by Crippen LogP contribution is -1.85. The van der Waals surface area contributed by atoms with Crippen LogP contribution in [0.2, 0.25) is 0 Å². The zero-order valence-electron chi connectivity index (χ0n) is 9.60. The number of halogens is 1. The lowest BCUT2D eigenvalue weighted by atomic mass is 9.99. The molecule has 1 nitrogen and oxygen atoms in total. The summed E-state index contributed by atoms with van der Waals surface area (Å²) in [5.74, 6) is -0.207. The molecule has 3 aromatic rings. The normalized spacial score (nSPS) is 10.7. The number of benzene rings is 3. The lowest BCUT2D eigenvalue weighted by Gasteiger charge is -2.08. The van der Waals surface area contributed by atoms with Crippen molar-refractivity contribution in [2.75, 3.05) is 0 Å². The van der Waals surface area contributed by atoms with Crippen molar-refractivity contribution in [3.05, 3.63) is 66.5 Å². The molecule has 0 spiro atoms. The van der Waals surface area contributed by atoms with Crippen LogP contribution in [0.1, 0.15) is 0 Å². The van der Waals surface area contributed by atoms with Gasteiger partial charge in [-0.25, -0.2) is 4.39 Å². The summed E-state index contributed by atoms with van der Waals surface area (Å²) in [7, 11) is 0. The maximum Gasteiger partial charge on any atom is 0.131 e. The molecule has 0 aliphatic carbocycles. The highest BCUT2D eigenvalue weighted by molar-refractivity contribution is 5.94. The van der Waals surface area contributed by atoms with E-state index in [2.05, 4.69) is 0 Å². The van der Waals surface area contributed by atoms with Crippen LogP contribution in [0.5, 0.6) is 5.75 Å². The summed E-state index contributed by atoms with van der Waals surface area (Å²) in [5, 5.41) is 11.9. The van der Waals surface area contributed by atoms with Gasteiger partial charge in [-0.1, -0.05) is 48.5 Å². The fourth-order valence-corrected chi connectivity index (χ4v) is 2.15. The van der Waals surface area contributed by atoms with Crippen molar-refractivity contribution in [2.45, 2.75) is 0 Å². The molecule has 3 rings (SSSR count). The predicted octanol–water partition coefficient (Wildman–Crippen LogP) is 4.35. The Morgan fingerprint density at radius 2 is 1.44 bits per heavy atom. The van der Waals surface area contributed by atoms with Crippen LogP contribution >= 0.6 is 0 Å². The van der Waals surface area contributed by atoms with Crippen molar-refractivity contribution in [3.63, 3.8) is 0 Å². The van der Waals surface area contributed by atoms with E-state index in [4.69, 9.17) is 0 Å². The number of fused-ring (bicyclic) bond motifs is 1. The molecule has 0 aliphatic rings. The maximum absolute atomic E-state index is 13.7. The third kappa shape index (κ3) is 1.63. The Hall–Kier alpha value is -2.35. The third-order valence-corrected chi connectivity index (χ3v) is 3.06. The Kier molecular flexibility index (Phi) is 2.49. The highest BCUT2D eigenvalue weighted by Gasteiger charge is 2.11. The predicted molar refractivity (Wildman–Crippen MR) is 71.0 cm³/mol. The highest BCUT2D eigenvalue weighted by Crippen LogP contribution is 2.36. The fourth-order valence-electron chi connectivity index (χ4n) is 2.15. The van der Waals surface area contributed by atoms with E-state index in [9.17, 15) is 9.50 Å². The summed E-state index contributed by atoms with van der Waals surface area (Å²) in [6.07, 6.45) is 0. The molecule has 0 heterocycles. The third-order valence-electron chi connectivity index (χ3n) is 3.06. The van der Waals surface area contributed by atoms with Crippen LogP contribution < -0.4 is 0 Å².